The molecule has 130 valence electrons. The number of methoxy groups -OCH3 is 1. The molecule has 2 aromatic carbocycles. The lowest BCUT2D eigenvalue weighted by Gasteiger charge is -2.35. The van der Waals surface area contributed by atoms with Gasteiger partial charge in [0.2, 0.25) is 0 Å². The Morgan fingerprint density at radius 3 is 2.52 bits per heavy atom. The number of amides is 1. The second-order valence-corrected chi connectivity index (χ2v) is 5.75. The summed E-state index contributed by atoms with van der Waals surface area (Å²) in [6, 6.07) is 12.8. The Balaban J connectivity index is 1.77. The quantitative estimate of drug-likeness (QED) is 0.800. The Kier molecular flexibility index (Phi) is 4.97. The molecule has 2 aromatic rings. The minimum atomic E-state index is -0.711. The molecule has 0 bridgehead atoms. The second-order valence-electron chi connectivity index (χ2n) is 5.75. The molecule has 0 aliphatic carbocycles. The SMILES string of the molecule is COC(=O)[C@H]1Cc2ccccc2CN1C(=O)COc1ccccc1F. The van der Waals surface area contributed by atoms with Gasteiger partial charge in [0.05, 0.1) is 7.11 Å². The minimum absolute atomic E-state index is 0.00266. The third kappa shape index (κ3) is 3.63. The van der Waals surface area contributed by atoms with Crippen LogP contribution in [0.2, 0.25) is 0 Å². The molecule has 0 spiro atoms. The molecule has 0 radical (unpaired) electrons. The fraction of sp³-hybridized carbons (Fsp3) is 0.263. The number of fused-ring (bicyclic) bond motifs is 1. The molecule has 0 N–H and O–H groups in total. The van der Waals surface area contributed by atoms with Crippen LogP contribution >= 0.6 is 0 Å². The molecule has 0 saturated heterocycles. The summed E-state index contributed by atoms with van der Waals surface area (Å²) in [5, 5.41) is 0. The van der Waals surface area contributed by atoms with Gasteiger partial charge in [-0.2, -0.15) is 0 Å². The first-order valence-electron chi connectivity index (χ1n) is 7.91. The van der Waals surface area contributed by atoms with Crippen molar-refractivity contribution in [1.82, 2.24) is 4.90 Å². The van der Waals surface area contributed by atoms with Crippen molar-refractivity contribution >= 4 is 11.9 Å². The standard InChI is InChI=1S/C19H18FNO4/c1-24-19(23)16-10-13-6-2-3-7-14(13)11-21(16)18(22)12-25-17-9-5-4-8-15(17)20/h2-9,16H,10-12H2,1H3/t16-/m1/s1. The van der Waals surface area contributed by atoms with Crippen LogP contribution in [0, 0.1) is 5.82 Å². The molecule has 0 saturated carbocycles. The maximum Gasteiger partial charge on any atom is 0.328 e. The van der Waals surface area contributed by atoms with E-state index in [-0.39, 0.29) is 18.9 Å². The lowest BCUT2D eigenvalue weighted by molar-refractivity contribution is -0.154. The minimum Gasteiger partial charge on any atom is -0.481 e. The summed E-state index contributed by atoms with van der Waals surface area (Å²) in [6.07, 6.45) is 0.383. The van der Waals surface area contributed by atoms with Gasteiger partial charge in [0.25, 0.3) is 5.91 Å². The highest BCUT2D eigenvalue weighted by Gasteiger charge is 2.35. The summed E-state index contributed by atoms with van der Waals surface area (Å²) in [6.45, 7) is -0.0635. The number of ether oxygens (including phenoxy) is 2. The van der Waals surface area contributed by atoms with Crippen molar-refractivity contribution < 1.29 is 23.5 Å². The molecule has 1 heterocycles. The Hall–Kier alpha value is -2.89. The van der Waals surface area contributed by atoms with E-state index in [0.29, 0.717) is 6.42 Å². The van der Waals surface area contributed by atoms with E-state index >= 15 is 0 Å². The summed E-state index contributed by atoms with van der Waals surface area (Å²) >= 11 is 0. The van der Waals surface area contributed by atoms with Gasteiger partial charge < -0.3 is 14.4 Å². The molecule has 1 aliphatic heterocycles. The molecular formula is C19H18FNO4. The topological polar surface area (TPSA) is 55.8 Å². The summed E-state index contributed by atoms with van der Waals surface area (Å²) in [5.41, 5.74) is 1.99. The van der Waals surface area contributed by atoms with Crippen LogP contribution in [0.15, 0.2) is 48.5 Å². The summed E-state index contributed by atoms with van der Waals surface area (Å²) in [7, 11) is 1.29. The van der Waals surface area contributed by atoms with E-state index in [9.17, 15) is 14.0 Å². The number of hydrogen-bond donors (Lipinski definition) is 0. The Bertz CT molecular complexity index is 792. The van der Waals surface area contributed by atoms with E-state index in [1.165, 1.54) is 24.1 Å². The predicted octanol–water partition coefficient (Wildman–Crippen LogP) is 2.33. The largest absolute Gasteiger partial charge is 0.481 e. The highest BCUT2D eigenvalue weighted by Crippen LogP contribution is 2.24. The number of carbonyl (C=O) groups excluding carboxylic acids is 2. The average molecular weight is 343 g/mol. The molecule has 3 rings (SSSR count). The maximum atomic E-state index is 13.6. The van der Waals surface area contributed by atoms with Crippen LogP contribution in [0.3, 0.4) is 0 Å². The zero-order valence-electron chi connectivity index (χ0n) is 13.8. The first-order chi connectivity index (χ1) is 12.1. The maximum absolute atomic E-state index is 13.6. The Morgan fingerprint density at radius 2 is 1.80 bits per heavy atom. The van der Waals surface area contributed by atoms with Crippen molar-refractivity contribution in [3.05, 3.63) is 65.5 Å². The number of rotatable bonds is 4. The van der Waals surface area contributed by atoms with Crippen LogP contribution in [-0.2, 0) is 27.3 Å². The number of benzene rings is 2. The van der Waals surface area contributed by atoms with Crippen molar-refractivity contribution in [1.29, 1.82) is 0 Å². The van der Waals surface area contributed by atoms with Crippen LogP contribution in [0.5, 0.6) is 5.75 Å². The van der Waals surface area contributed by atoms with Crippen molar-refractivity contribution in [3.63, 3.8) is 0 Å². The third-order valence-corrected chi connectivity index (χ3v) is 4.23. The van der Waals surface area contributed by atoms with Gasteiger partial charge in [-0.05, 0) is 23.3 Å². The molecular weight excluding hydrogens is 325 g/mol. The molecule has 5 nitrogen and oxygen atoms in total. The van der Waals surface area contributed by atoms with Gasteiger partial charge >= 0.3 is 5.97 Å². The van der Waals surface area contributed by atoms with Gasteiger partial charge in [-0.25, -0.2) is 9.18 Å². The molecule has 6 heteroatoms. The van der Waals surface area contributed by atoms with Crippen molar-refractivity contribution in [2.24, 2.45) is 0 Å². The lowest BCUT2D eigenvalue weighted by atomic mass is 9.94. The Labute approximate surface area is 145 Å². The van der Waals surface area contributed by atoms with Gasteiger partial charge in [0.15, 0.2) is 18.2 Å². The smallest absolute Gasteiger partial charge is 0.328 e. The highest BCUT2D eigenvalue weighted by molar-refractivity contribution is 5.86. The lowest BCUT2D eigenvalue weighted by Crippen LogP contribution is -2.50. The van der Waals surface area contributed by atoms with Crippen LogP contribution in [-0.4, -0.2) is 36.5 Å². The fourth-order valence-electron chi connectivity index (χ4n) is 2.92. The molecule has 25 heavy (non-hydrogen) atoms. The summed E-state index contributed by atoms with van der Waals surface area (Å²) in [5.74, 6) is -1.41. The van der Waals surface area contributed by atoms with Crippen LogP contribution in [0.1, 0.15) is 11.1 Å². The third-order valence-electron chi connectivity index (χ3n) is 4.23. The molecule has 1 aliphatic rings. The number of halogens is 1. The zero-order valence-corrected chi connectivity index (χ0v) is 13.8. The van der Waals surface area contributed by atoms with E-state index in [2.05, 4.69) is 0 Å². The summed E-state index contributed by atoms with van der Waals surface area (Å²) < 4.78 is 23.7. The average Bonchev–Trinajstić information content (AvgIpc) is 2.65. The highest BCUT2D eigenvalue weighted by atomic mass is 19.1. The fourth-order valence-corrected chi connectivity index (χ4v) is 2.92. The Morgan fingerprint density at radius 1 is 1.12 bits per heavy atom. The first-order valence-corrected chi connectivity index (χ1v) is 7.91. The molecule has 0 unspecified atom stereocenters. The number of para-hydroxylation sites is 1. The number of hydrogen-bond acceptors (Lipinski definition) is 4. The van der Waals surface area contributed by atoms with E-state index < -0.39 is 23.7 Å². The second kappa shape index (κ2) is 7.34. The molecule has 1 atom stereocenters. The van der Waals surface area contributed by atoms with Gasteiger partial charge in [-0.15, -0.1) is 0 Å². The molecule has 0 fully saturated rings. The van der Waals surface area contributed by atoms with E-state index in [4.69, 9.17) is 9.47 Å². The van der Waals surface area contributed by atoms with Crippen molar-refractivity contribution in [2.45, 2.75) is 19.0 Å². The monoisotopic (exact) mass is 343 g/mol. The van der Waals surface area contributed by atoms with Crippen molar-refractivity contribution in [2.75, 3.05) is 13.7 Å². The van der Waals surface area contributed by atoms with E-state index in [0.717, 1.165) is 11.1 Å². The van der Waals surface area contributed by atoms with Gasteiger partial charge in [0.1, 0.15) is 6.04 Å². The summed E-state index contributed by atoms with van der Waals surface area (Å²) in [4.78, 5) is 26.1. The van der Waals surface area contributed by atoms with Gasteiger partial charge in [-0.1, -0.05) is 36.4 Å². The number of carbonyl (C=O) groups is 2. The molecule has 1 amide bonds. The zero-order chi connectivity index (χ0) is 17.8. The first kappa shape index (κ1) is 17.0. The van der Waals surface area contributed by atoms with E-state index in [1.807, 2.05) is 24.3 Å². The number of esters is 1. The van der Waals surface area contributed by atoms with Gasteiger partial charge in [0, 0.05) is 13.0 Å². The number of nitrogens with zero attached hydrogens (tertiary/aromatic N) is 1. The van der Waals surface area contributed by atoms with Gasteiger partial charge in [-0.3, -0.25) is 4.79 Å². The van der Waals surface area contributed by atoms with Crippen LogP contribution < -0.4 is 4.74 Å². The normalized spacial score (nSPS) is 16.1. The van der Waals surface area contributed by atoms with E-state index in [1.54, 1.807) is 12.1 Å². The molecule has 0 aromatic heterocycles. The predicted molar refractivity (Wildman–Crippen MR) is 88.4 cm³/mol. The van der Waals surface area contributed by atoms with Crippen LogP contribution in [0.25, 0.3) is 0 Å². The van der Waals surface area contributed by atoms with Crippen molar-refractivity contribution in [3.8, 4) is 5.75 Å². The van der Waals surface area contributed by atoms with Crippen LogP contribution in [0.4, 0.5) is 4.39 Å².